The Morgan fingerprint density at radius 3 is 2.36 bits per heavy atom. The van der Waals surface area contributed by atoms with Crippen LogP contribution in [0, 0.1) is 0 Å². The van der Waals surface area contributed by atoms with Gasteiger partial charge >= 0.3 is 0 Å². The zero-order chi connectivity index (χ0) is 15.5. The summed E-state index contributed by atoms with van der Waals surface area (Å²) in [6, 6.07) is 13.8. The zero-order valence-corrected chi connectivity index (χ0v) is 14.6. The van der Waals surface area contributed by atoms with Crippen LogP contribution in [0.25, 0.3) is 0 Å². The maximum atomic E-state index is 5.47. The molecule has 0 amide bonds. The predicted octanol–water partition coefficient (Wildman–Crippen LogP) is 4.59. The first kappa shape index (κ1) is 15.5. The van der Waals surface area contributed by atoms with Gasteiger partial charge in [-0.1, -0.05) is 44.2 Å². The second-order valence-corrected chi connectivity index (χ2v) is 7.55. The Balaban J connectivity index is 1.79. The fourth-order valence-corrected chi connectivity index (χ4v) is 3.52. The first-order valence-electron chi connectivity index (χ1n) is 7.84. The number of hydrogen-bond donors (Lipinski definition) is 2. The van der Waals surface area contributed by atoms with E-state index in [4.69, 9.17) is 12.2 Å². The molecule has 2 aromatic rings. The van der Waals surface area contributed by atoms with Crippen LogP contribution in [-0.4, -0.2) is 11.2 Å². The van der Waals surface area contributed by atoms with E-state index in [1.54, 1.807) is 11.3 Å². The van der Waals surface area contributed by atoms with Gasteiger partial charge in [0.1, 0.15) is 0 Å². The molecular formula is C18H22N2S2. The van der Waals surface area contributed by atoms with Gasteiger partial charge in [0.2, 0.25) is 0 Å². The standard InChI is InChI=1S/C18H22N2S2/c1-12(2)13-5-7-14(8-6-13)17(16-4-3-11-22-16)20-18(21)19-15-9-10-15/h3-8,11-12,15,17H,9-10H2,1-2H3,(H2,19,20,21)/t17-/m1/s1. The summed E-state index contributed by atoms with van der Waals surface area (Å²) in [6.45, 7) is 4.44. The van der Waals surface area contributed by atoms with Crippen LogP contribution in [0.3, 0.4) is 0 Å². The average molecular weight is 331 g/mol. The Kier molecular flexibility index (Phi) is 4.79. The fraction of sp³-hybridized carbons (Fsp3) is 0.389. The van der Waals surface area contributed by atoms with Crippen molar-refractivity contribution < 1.29 is 0 Å². The van der Waals surface area contributed by atoms with Crippen LogP contribution in [-0.2, 0) is 0 Å². The van der Waals surface area contributed by atoms with Crippen LogP contribution in [0.4, 0.5) is 0 Å². The number of thiocarbonyl (C=S) groups is 1. The summed E-state index contributed by atoms with van der Waals surface area (Å²) < 4.78 is 0. The van der Waals surface area contributed by atoms with Crippen LogP contribution in [0.5, 0.6) is 0 Å². The van der Waals surface area contributed by atoms with E-state index in [0.717, 1.165) is 5.11 Å². The maximum absolute atomic E-state index is 5.47. The van der Waals surface area contributed by atoms with Gasteiger partial charge in [-0.25, -0.2) is 0 Å². The summed E-state index contributed by atoms with van der Waals surface area (Å²) in [5, 5.41) is 9.73. The van der Waals surface area contributed by atoms with Crippen molar-refractivity contribution in [2.75, 3.05) is 0 Å². The van der Waals surface area contributed by atoms with Gasteiger partial charge in [0, 0.05) is 10.9 Å². The van der Waals surface area contributed by atoms with E-state index < -0.39 is 0 Å². The monoisotopic (exact) mass is 330 g/mol. The highest BCUT2D eigenvalue weighted by Crippen LogP contribution is 2.28. The second kappa shape index (κ2) is 6.80. The van der Waals surface area contributed by atoms with Crippen LogP contribution >= 0.6 is 23.6 Å². The summed E-state index contributed by atoms with van der Waals surface area (Å²) >= 11 is 7.23. The summed E-state index contributed by atoms with van der Waals surface area (Å²) in [5.74, 6) is 0.555. The molecule has 1 fully saturated rings. The minimum absolute atomic E-state index is 0.125. The van der Waals surface area contributed by atoms with Crippen molar-refractivity contribution in [1.29, 1.82) is 0 Å². The van der Waals surface area contributed by atoms with Gasteiger partial charge < -0.3 is 10.6 Å². The van der Waals surface area contributed by atoms with E-state index in [1.165, 1.54) is 28.8 Å². The molecule has 2 nitrogen and oxygen atoms in total. The molecule has 22 heavy (non-hydrogen) atoms. The highest BCUT2D eigenvalue weighted by molar-refractivity contribution is 7.80. The first-order chi connectivity index (χ1) is 10.6. The lowest BCUT2D eigenvalue weighted by Gasteiger charge is -2.21. The molecule has 0 radical (unpaired) electrons. The average Bonchev–Trinajstić information content (AvgIpc) is 3.15. The van der Waals surface area contributed by atoms with Gasteiger partial charge in [0.15, 0.2) is 5.11 Å². The molecule has 1 aliphatic rings. The van der Waals surface area contributed by atoms with E-state index in [-0.39, 0.29) is 6.04 Å². The van der Waals surface area contributed by atoms with Crippen molar-refractivity contribution in [3.05, 3.63) is 57.8 Å². The number of hydrogen-bond acceptors (Lipinski definition) is 2. The van der Waals surface area contributed by atoms with E-state index in [0.29, 0.717) is 12.0 Å². The van der Waals surface area contributed by atoms with Crippen LogP contribution < -0.4 is 10.6 Å². The molecule has 1 saturated carbocycles. The van der Waals surface area contributed by atoms with Crippen molar-refractivity contribution >= 4 is 28.7 Å². The highest BCUT2D eigenvalue weighted by Gasteiger charge is 2.23. The number of thiophene rings is 1. The molecule has 3 rings (SSSR count). The van der Waals surface area contributed by atoms with Crippen molar-refractivity contribution in [1.82, 2.24) is 10.6 Å². The Bertz CT molecular complexity index is 613. The van der Waals surface area contributed by atoms with E-state index in [1.807, 2.05) is 0 Å². The molecule has 2 N–H and O–H groups in total. The molecule has 0 unspecified atom stereocenters. The number of rotatable bonds is 5. The van der Waals surface area contributed by atoms with Crippen molar-refractivity contribution in [3.8, 4) is 0 Å². The quantitative estimate of drug-likeness (QED) is 0.784. The van der Waals surface area contributed by atoms with Gasteiger partial charge in [-0.3, -0.25) is 0 Å². The maximum Gasteiger partial charge on any atom is 0.167 e. The third-order valence-corrected chi connectivity index (χ3v) is 5.13. The molecule has 1 atom stereocenters. The second-order valence-electron chi connectivity index (χ2n) is 6.16. The molecule has 0 saturated heterocycles. The van der Waals surface area contributed by atoms with Gasteiger partial charge in [-0.05, 0) is 53.6 Å². The van der Waals surface area contributed by atoms with E-state index in [9.17, 15) is 0 Å². The molecule has 1 aromatic heterocycles. The minimum atomic E-state index is 0.125. The zero-order valence-electron chi connectivity index (χ0n) is 13.0. The largest absolute Gasteiger partial charge is 0.360 e. The smallest absolute Gasteiger partial charge is 0.167 e. The molecule has 1 heterocycles. The summed E-state index contributed by atoms with van der Waals surface area (Å²) in [4.78, 5) is 1.29. The van der Waals surface area contributed by atoms with Gasteiger partial charge in [0.25, 0.3) is 0 Å². The third-order valence-electron chi connectivity index (χ3n) is 3.95. The van der Waals surface area contributed by atoms with Crippen LogP contribution in [0.2, 0.25) is 0 Å². The third kappa shape index (κ3) is 3.87. The summed E-state index contributed by atoms with van der Waals surface area (Å²) in [5.41, 5.74) is 2.62. The molecular weight excluding hydrogens is 308 g/mol. The van der Waals surface area contributed by atoms with Gasteiger partial charge in [-0.2, -0.15) is 0 Å². The van der Waals surface area contributed by atoms with Crippen molar-refractivity contribution in [3.63, 3.8) is 0 Å². The number of benzene rings is 1. The summed E-state index contributed by atoms with van der Waals surface area (Å²) in [7, 11) is 0. The summed E-state index contributed by atoms with van der Waals surface area (Å²) in [6.07, 6.45) is 2.46. The predicted molar refractivity (Wildman–Crippen MR) is 98.6 cm³/mol. The van der Waals surface area contributed by atoms with E-state index >= 15 is 0 Å². The van der Waals surface area contributed by atoms with Gasteiger partial charge in [0.05, 0.1) is 6.04 Å². The normalized spacial score (nSPS) is 15.6. The lowest BCUT2D eigenvalue weighted by atomic mass is 9.98. The van der Waals surface area contributed by atoms with Crippen molar-refractivity contribution in [2.45, 2.75) is 44.7 Å². The molecule has 116 valence electrons. The fourth-order valence-electron chi connectivity index (χ4n) is 2.43. The van der Waals surface area contributed by atoms with Crippen LogP contribution in [0.15, 0.2) is 41.8 Å². The Labute approximate surface area is 142 Å². The molecule has 1 aromatic carbocycles. The molecule has 4 heteroatoms. The van der Waals surface area contributed by atoms with Crippen LogP contribution in [0.1, 0.15) is 54.7 Å². The SMILES string of the molecule is CC(C)c1ccc([C@@H](NC(=S)NC2CC2)c2cccs2)cc1. The first-order valence-corrected chi connectivity index (χ1v) is 9.12. The molecule has 1 aliphatic carbocycles. The lowest BCUT2D eigenvalue weighted by Crippen LogP contribution is -2.39. The number of nitrogens with one attached hydrogen (secondary N) is 2. The Morgan fingerprint density at radius 1 is 1.14 bits per heavy atom. The minimum Gasteiger partial charge on any atom is -0.360 e. The molecule has 0 spiro atoms. The topological polar surface area (TPSA) is 24.1 Å². The Hall–Kier alpha value is -1.39. The lowest BCUT2D eigenvalue weighted by molar-refractivity contribution is 0.744. The van der Waals surface area contributed by atoms with Crippen molar-refractivity contribution in [2.24, 2.45) is 0 Å². The molecule has 0 bridgehead atoms. The highest BCUT2D eigenvalue weighted by atomic mass is 32.1. The Morgan fingerprint density at radius 2 is 1.82 bits per heavy atom. The van der Waals surface area contributed by atoms with Gasteiger partial charge in [-0.15, -0.1) is 11.3 Å². The molecule has 0 aliphatic heterocycles. The van der Waals surface area contributed by atoms with E-state index in [2.05, 4.69) is 66.3 Å².